The summed E-state index contributed by atoms with van der Waals surface area (Å²) in [4.78, 5) is 12.2. The molecule has 0 atom stereocenters. The number of anilines is 2. The lowest BCUT2D eigenvalue weighted by molar-refractivity contribution is -0.116. The van der Waals surface area contributed by atoms with Gasteiger partial charge in [-0.2, -0.15) is 0 Å². The van der Waals surface area contributed by atoms with E-state index in [1.54, 1.807) is 26.0 Å². The van der Waals surface area contributed by atoms with E-state index in [9.17, 15) is 13.2 Å². The summed E-state index contributed by atoms with van der Waals surface area (Å²) in [5.41, 5.74) is 1.84. The van der Waals surface area contributed by atoms with Gasteiger partial charge in [-0.25, -0.2) is 13.1 Å². The standard InChI is InChI=1S/C22H33N3O4S/c1-4-5-6-7-8-9-10-11-12-21(26)23-19-13-15-20(16-14-19)30(27,28)25-22-17(2)18(3)24-29-22/h13-16,25H,4-12H2,1-3H3,(H,23,26). The molecule has 0 aliphatic heterocycles. The van der Waals surface area contributed by atoms with Crippen molar-refractivity contribution in [2.45, 2.75) is 83.5 Å². The third-order valence-electron chi connectivity index (χ3n) is 5.09. The van der Waals surface area contributed by atoms with Crippen LogP contribution in [-0.4, -0.2) is 19.5 Å². The van der Waals surface area contributed by atoms with Gasteiger partial charge in [0.15, 0.2) is 0 Å². The number of unbranched alkanes of at least 4 members (excludes halogenated alkanes) is 7. The zero-order valence-electron chi connectivity index (χ0n) is 18.2. The first-order valence-corrected chi connectivity index (χ1v) is 12.2. The Balaban J connectivity index is 1.77. The molecule has 0 aliphatic carbocycles. The van der Waals surface area contributed by atoms with Gasteiger partial charge in [-0.15, -0.1) is 0 Å². The van der Waals surface area contributed by atoms with Gasteiger partial charge < -0.3 is 9.84 Å². The summed E-state index contributed by atoms with van der Waals surface area (Å²) in [5.74, 6) is 0.0534. The molecule has 2 N–H and O–H groups in total. The highest BCUT2D eigenvalue weighted by molar-refractivity contribution is 7.92. The number of hydrogen-bond donors (Lipinski definition) is 2. The summed E-state index contributed by atoms with van der Waals surface area (Å²) in [5, 5.41) is 6.56. The molecule has 166 valence electrons. The Morgan fingerprint density at radius 1 is 0.967 bits per heavy atom. The molecule has 2 rings (SSSR count). The van der Waals surface area contributed by atoms with E-state index in [0.29, 0.717) is 23.4 Å². The number of sulfonamides is 1. The maximum atomic E-state index is 12.5. The highest BCUT2D eigenvalue weighted by atomic mass is 32.2. The average molecular weight is 436 g/mol. The Morgan fingerprint density at radius 3 is 2.13 bits per heavy atom. The van der Waals surface area contributed by atoms with Crippen molar-refractivity contribution in [3.05, 3.63) is 35.5 Å². The Bertz CT molecular complexity index is 905. The lowest BCUT2D eigenvalue weighted by Gasteiger charge is -2.08. The van der Waals surface area contributed by atoms with Crippen LogP contribution in [0.25, 0.3) is 0 Å². The van der Waals surface area contributed by atoms with Crippen LogP contribution in [0, 0.1) is 13.8 Å². The maximum absolute atomic E-state index is 12.5. The first-order valence-electron chi connectivity index (χ1n) is 10.7. The molecule has 1 aromatic heterocycles. The number of amides is 1. The minimum absolute atomic E-state index is 0.0533. The summed E-state index contributed by atoms with van der Waals surface area (Å²) in [6.45, 7) is 5.68. The largest absolute Gasteiger partial charge is 0.337 e. The molecule has 7 nitrogen and oxygen atoms in total. The van der Waals surface area contributed by atoms with E-state index in [2.05, 4.69) is 22.1 Å². The van der Waals surface area contributed by atoms with Crippen LogP contribution in [0.4, 0.5) is 11.6 Å². The normalized spacial score (nSPS) is 11.4. The van der Waals surface area contributed by atoms with Crippen LogP contribution < -0.4 is 10.0 Å². The van der Waals surface area contributed by atoms with Gasteiger partial charge in [0.05, 0.1) is 10.6 Å². The summed E-state index contributed by atoms with van der Waals surface area (Å²) < 4.78 is 32.4. The van der Waals surface area contributed by atoms with Gasteiger partial charge >= 0.3 is 0 Å². The van der Waals surface area contributed by atoms with Crippen LogP contribution in [0.1, 0.15) is 76.0 Å². The van der Waals surface area contributed by atoms with Crippen molar-refractivity contribution in [3.63, 3.8) is 0 Å². The number of carbonyl (C=O) groups excluding carboxylic acids is 1. The zero-order chi connectivity index (χ0) is 22.0. The number of hydrogen-bond acceptors (Lipinski definition) is 5. The van der Waals surface area contributed by atoms with Crippen molar-refractivity contribution >= 4 is 27.5 Å². The van der Waals surface area contributed by atoms with Gasteiger partial charge in [0.2, 0.25) is 11.8 Å². The topological polar surface area (TPSA) is 101 Å². The fourth-order valence-corrected chi connectivity index (χ4v) is 4.10. The minimum Gasteiger partial charge on any atom is -0.337 e. The van der Waals surface area contributed by atoms with Gasteiger partial charge in [0.1, 0.15) is 0 Å². The molecular weight excluding hydrogens is 402 g/mol. The average Bonchev–Trinajstić information content (AvgIpc) is 3.02. The van der Waals surface area contributed by atoms with Crippen molar-refractivity contribution in [2.24, 2.45) is 0 Å². The fourth-order valence-electron chi connectivity index (χ4n) is 3.05. The maximum Gasteiger partial charge on any atom is 0.264 e. The summed E-state index contributed by atoms with van der Waals surface area (Å²) in [7, 11) is -3.79. The first kappa shape index (κ1) is 23.9. The highest BCUT2D eigenvalue weighted by Gasteiger charge is 2.19. The van der Waals surface area contributed by atoms with Crippen molar-refractivity contribution in [3.8, 4) is 0 Å². The molecule has 0 aliphatic rings. The molecule has 0 spiro atoms. The lowest BCUT2D eigenvalue weighted by Crippen LogP contribution is -2.14. The van der Waals surface area contributed by atoms with Gasteiger partial charge in [-0.1, -0.05) is 57.0 Å². The fraction of sp³-hybridized carbons (Fsp3) is 0.545. The van der Waals surface area contributed by atoms with Crippen molar-refractivity contribution in [2.75, 3.05) is 10.0 Å². The summed E-state index contributed by atoms with van der Waals surface area (Å²) >= 11 is 0. The number of aryl methyl sites for hydroxylation is 1. The molecule has 1 aromatic carbocycles. The van der Waals surface area contributed by atoms with Crippen molar-refractivity contribution < 1.29 is 17.7 Å². The second-order valence-electron chi connectivity index (χ2n) is 7.63. The molecule has 1 heterocycles. The number of nitrogens with one attached hydrogen (secondary N) is 2. The molecule has 30 heavy (non-hydrogen) atoms. The van der Waals surface area contributed by atoms with E-state index >= 15 is 0 Å². The zero-order valence-corrected chi connectivity index (χ0v) is 19.0. The van der Waals surface area contributed by atoms with Crippen LogP contribution in [-0.2, 0) is 14.8 Å². The molecule has 0 unspecified atom stereocenters. The van der Waals surface area contributed by atoms with E-state index in [4.69, 9.17) is 4.52 Å². The van der Waals surface area contributed by atoms with Crippen LogP contribution in [0.15, 0.2) is 33.7 Å². The Morgan fingerprint density at radius 2 is 1.57 bits per heavy atom. The number of rotatable bonds is 13. The van der Waals surface area contributed by atoms with Crippen LogP contribution in [0.2, 0.25) is 0 Å². The third-order valence-corrected chi connectivity index (χ3v) is 6.44. The number of aromatic nitrogens is 1. The lowest BCUT2D eigenvalue weighted by atomic mass is 10.1. The number of carbonyl (C=O) groups is 1. The second kappa shape index (κ2) is 11.7. The molecule has 0 radical (unpaired) electrons. The molecule has 8 heteroatoms. The molecule has 0 bridgehead atoms. The van der Waals surface area contributed by atoms with E-state index < -0.39 is 10.0 Å². The smallest absolute Gasteiger partial charge is 0.264 e. The highest BCUT2D eigenvalue weighted by Crippen LogP contribution is 2.22. The van der Waals surface area contributed by atoms with Crippen LogP contribution >= 0.6 is 0 Å². The third kappa shape index (κ3) is 7.48. The monoisotopic (exact) mass is 435 g/mol. The van der Waals surface area contributed by atoms with Crippen molar-refractivity contribution in [1.29, 1.82) is 0 Å². The van der Waals surface area contributed by atoms with Gasteiger partial charge in [0, 0.05) is 17.7 Å². The molecule has 2 aromatic rings. The Hall–Kier alpha value is -2.35. The second-order valence-corrected chi connectivity index (χ2v) is 9.31. The number of benzene rings is 1. The van der Waals surface area contributed by atoms with Crippen LogP contribution in [0.3, 0.4) is 0 Å². The van der Waals surface area contributed by atoms with Gasteiger partial charge in [-0.05, 0) is 44.5 Å². The van der Waals surface area contributed by atoms with Crippen molar-refractivity contribution in [1.82, 2.24) is 5.16 Å². The Labute approximate surface area is 179 Å². The molecule has 1 amide bonds. The van der Waals surface area contributed by atoms with Crippen LogP contribution in [0.5, 0.6) is 0 Å². The molecule has 0 saturated heterocycles. The predicted molar refractivity (Wildman–Crippen MR) is 119 cm³/mol. The van der Waals surface area contributed by atoms with Gasteiger partial charge in [0.25, 0.3) is 10.0 Å². The molecule has 0 fully saturated rings. The number of nitrogens with zero attached hydrogens (tertiary/aromatic N) is 1. The SMILES string of the molecule is CCCCCCCCCCC(=O)Nc1ccc(S(=O)(=O)Nc2onc(C)c2C)cc1. The van der Waals surface area contributed by atoms with E-state index in [-0.39, 0.29) is 16.7 Å². The van der Waals surface area contributed by atoms with E-state index in [1.165, 1.54) is 50.7 Å². The summed E-state index contributed by atoms with van der Waals surface area (Å²) in [6, 6.07) is 6.07. The quantitative estimate of drug-likeness (QED) is 0.401. The van der Waals surface area contributed by atoms with E-state index in [1.807, 2.05) is 0 Å². The summed E-state index contributed by atoms with van der Waals surface area (Å²) in [6.07, 6.45) is 9.94. The minimum atomic E-state index is -3.79. The van der Waals surface area contributed by atoms with E-state index in [0.717, 1.165) is 12.8 Å². The molecular formula is C22H33N3O4S. The Kier molecular flexibility index (Phi) is 9.36. The molecule has 0 saturated carbocycles. The first-order chi connectivity index (χ1) is 14.3. The van der Waals surface area contributed by atoms with Gasteiger partial charge in [-0.3, -0.25) is 4.79 Å². The predicted octanol–water partition coefficient (Wildman–Crippen LogP) is 5.56.